The van der Waals surface area contributed by atoms with Crippen LogP contribution in [-0.4, -0.2) is 27.9 Å². The highest BCUT2D eigenvalue weighted by molar-refractivity contribution is 6.29. The summed E-state index contributed by atoms with van der Waals surface area (Å²) in [6.07, 6.45) is 3.41. The van der Waals surface area contributed by atoms with Gasteiger partial charge in [-0.05, 0) is 31.0 Å². The number of halogens is 1. The molecule has 0 bridgehead atoms. The molecule has 3 heterocycles. The number of hydrogen-bond donors (Lipinski definition) is 1. The van der Waals surface area contributed by atoms with E-state index in [1.54, 1.807) is 0 Å². The highest BCUT2D eigenvalue weighted by Crippen LogP contribution is 2.55. The van der Waals surface area contributed by atoms with Crippen LogP contribution in [0.2, 0.25) is 5.15 Å². The molecule has 2 fully saturated rings. The summed E-state index contributed by atoms with van der Waals surface area (Å²) in [5.41, 5.74) is 1.21. The van der Waals surface area contributed by atoms with Crippen LogP contribution in [0.5, 0.6) is 0 Å². The van der Waals surface area contributed by atoms with Crippen LogP contribution in [0.25, 0.3) is 11.0 Å². The van der Waals surface area contributed by atoms with Crippen molar-refractivity contribution in [3.63, 3.8) is 0 Å². The van der Waals surface area contributed by atoms with Gasteiger partial charge in [0.05, 0.1) is 0 Å². The molecule has 2 aliphatic rings. The van der Waals surface area contributed by atoms with Gasteiger partial charge in [-0.25, -0.2) is 4.98 Å². The molecule has 1 aliphatic heterocycles. The van der Waals surface area contributed by atoms with Crippen molar-refractivity contribution in [3.8, 4) is 0 Å². The van der Waals surface area contributed by atoms with Crippen molar-refractivity contribution >= 4 is 22.6 Å². The minimum Gasteiger partial charge on any atom is -0.316 e. The summed E-state index contributed by atoms with van der Waals surface area (Å²) in [7, 11) is 0. The average Bonchev–Trinajstić information content (AvgIpc) is 2.68. The predicted octanol–water partition coefficient (Wildman–Crippen LogP) is 1.69. The molecule has 1 aliphatic carbocycles. The highest BCUT2D eigenvalue weighted by Gasteiger charge is 2.57. The minimum absolute atomic E-state index is 0.464. The molecular weight excluding hydrogens is 236 g/mol. The lowest BCUT2D eigenvalue weighted by atomic mass is 10.1. The van der Waals surface area contributed by atoms with E-state index < -0.39 is 0 Å². The number of rotatable bonds is 2. The van der Waals surface area contributed by atoms with Crippen LogP contribution in [0.15, 0.2) is 18.3 Å². The third-order valence-electron chi connectivity index (χ3n) is 4.09. The molecule has 0 radical (unpaired) electrons. The Morgan fingerprint density at radius 1 is 1.53 bits per heavy atom. The molecule has 4 rings (SSSR count). The van der Waals surface area contributed by atoms with E-state index in [0.717, 1.165) is 30.0 Å². The Morgan fingerprint density at radius 3 is 3.24 bits per heavy atom. The first-order chi connectivity index (χ1) is 8.25. The summed E-state index contributed by atoms with van der Waals surface area (Å²) >= 11 is 5.86. The first-order valence-electron chi connectivity index (χ1n) is 5.96. The number of hydrogen-bond acceptors (Lipinski definition) is 3. The van der Waals surface area contributed by atoms with E-state index in [2.05, 4.69) is 21.6 Å². The molecular formula is C12H13ClN4. The van der Waals surface area contributed by atoms with Gasteiger partial charge >= 0.3 is 0 Å². The summed E-state index contributed by atoms with van der Waals surface area (Å²) in [4.78, 5) is 4.23. The highest BCUT2D eigenvalue weighted by atomic mass is 35.5. The zero-order valence-corrected chi connectivity index (χ0v) is 10.1. The predicted molar refractivity (Wildman–Crippen MR) is 65.9 cm³/mol. The van der Waals surface area contributed by atoms with Gasteiger partial charge in [-0.2, -0.15) is 5.10 Å². The molecule has 0 amide bonds. The second-order valence-electron chi connectivity index (χ2n) is 5.27. The van der Waals surface area contributed by atoms with Gasteiger partial charge in [-0.1, -0.05) is 11.6 Å². The maximum atomic E-state index is 5.86. The smallest absolute Gasteiger partial charge is 0.182 e. The molecule has 1 saturated carbocycles. The van der Waals surface area contributed by atoms with Crippen LogP contribution in [0.4, 0.5) is 0 Å². The molecule has 5 heteroatoms. The SMILES string of the molecule is Clc1ccc2cn(CC34CNCC3C4)nc2n1. The summed E-state index contributed by atoms with van der Waals surface area (Å²) in [5, 5.41) is 9.52. The van der Waals surface area contributed by atoms with Gasteiger partial charge < -0.3 is 5.32 Å². The van der Waals surface area contributed by atoms with Crippen molar-refractivity contribution in [1.82, 2.24) is 20.1 Å². The normalized spacial score (nSPS) is 30.8. The monoisotopic (exact) mass is 248 g/mol. The van der Waals surface area contributed by atoms with E-state index in [1.807, 2.05) is 16.8 Å². The second kappa shape index (κ2) is 3.21. The van der Waals surface area contributed by atoms with E-state index in [4.69, 9.17) is 11.6 Å². The Labute approximate surface area is 104 Å². The number of piperidine rings is 1. The first-order valence-corrected chi connectivity index (χ1v) is 6.33. The number of fused-ring (bicyclic) bond motifs is 2. The Morgan fingerprint density at radius 2 is 2.47 bits per heavy atom. The van der Waals surface area contributed by atoms with Crippen molar-refractivity contribution in [1.29, 1.82) is 0 Å². The molecule has 4 nitrogen and oxygen atoms in total. The lowest BCUT2D eigenvalue weighted by molar-refractivity contribution is 0.403. The lowest BCUT2D eigenvalue weighted by Crippen LogP contribution is -2.20. The third kappa shape index (κ3) is 1.47. The van der Waals surface area contributed by atoms with Crippen molar-refractivity contribution in [2.45, 2.75) is 13.0 Å². The molecule has 88 valence electrons. The van der Waals surface area contributed by atoms with E-state index in [9.17, 15) is 0 Å². The van der Waals surface area contributed by atoms with Crippen molar-refractivity contribution in [2.75, 3.05) is 13.1 Å². The van der Waals surface area contributed by atoms with Crippen LogP contribution in [0, 0.1) is 11.3 Å². The first kappa shape index (κ1) is 9.85. The van der Waals surface area contributed by atoms with E-state index in [1.165, 1.54) is 13.0 Å². The van der Waals surface area contributed by atoms with Gasteiger partial charge in [0.1, 0.15) is 5.15 Å². The standard InChI is InChI=1S/C12H13ClN4/c13-10-2-1-8-5-17(16-11(8)15-10)7-12-3-9(12)4-14-6-12/h1-2,5,9,14H,3-4,6-7H2. The zero-order valence-electron chi connectivity index (χ0n) is 9.36. The van der Waals surface area contributed by atoms with Crippen molar-refractivity contribution in [2.24, 2.45) is 11.3 Å². The Bertz CT molecular complexity index is 593. The van der Waals surface area contributed by atoms with Crippen molar-refractivity contribution in [3.05, 3.63) is 23.5 Å². The topological polar surface area (TPSA) is 42.7 Å². The zero-order chi connectivity index (χ0) is 11.5. The summed E-state index contributed by atoms with van der Waals surface area (Å²) < 4.78 is 2.03. The Kier molecular flexibility index (Phi) is 1.86. The van der Waals surface area contributed by atoms with E-state index >= 15 is 0 Å². The van der Waals surface area contributed by atoms with E-state index in [-0.39, 0.29) is 0 Å². The van der Waals surface area contributed by atoms with Gasteiger partial charge in [-0.15, -0.1) is 0 Å². The number of nitrogens with zero attached hydrogens (tertiary/aromatic N) is 3. The molecule has 17 heavy (non-hydrogen) atoms. The molecule has 2 unspecified atom stereocenters. The van der Waals surface area contributed by atoms with Crippen LogP contribution in [0.3, 0.4) is 0 Å². The van der Waals surface area contributed by atoms with Crippen LogP contribution in [-0.2, 0) is 6.54 Å². The molecule has 2 atom stereocenters. The van der Waals surface area contributed by atoms with Gasteiger partial charge in [0, 0.05) is 30.1 Å². The molecule has 0 spiro atoms. The van der Waals surface area contributed by atoms with Gasteiger partial charge in [0.25, 0.3) is 0 Å². The number of aromatic nitrogens is 3. The summed E-state index contributed by atoms with van der Waals surface area (Å²) in [6.45, 7) is 3.30. The van der Waals surface area contributed by atoms with E-state index in [0.29, 0.717) is 10.6 Å². The van der Waals surface area contributed by atoms with Gasteiger partial charge in [-0.3, -0.25) is 4.68 Å². The maximum absolute atomic E-state index is 5.86. The fourth-order valence-electron chi connectivity index (χ4n) is 3.01. The molecule has 2 aromatic heterocycles. The Balaban J connectivity index is 1.68. The van der Waals surface area contributed by atoms with Gasteiger partial charge in [0.2, 0.25) is 0 Å². The largest absolute Gasteiger partial charge is 0.316 e. The fraction of sp³-hybridized carbons (Fsp3) is 0.500. The third-order valence-corrected chi connectivity index (χ3v) is 4.30. The maximum Gasteiger partial charge on any atom is 0.182 e. The fourth-order valence-corrected chi connectivity index (χ4v) is 3.16. The van der Waals surface area contributed by atoms with Crippen molar-refractivity contribution < 1.29 is 0 Å². The molecule has 1 saturated heterocycles. The van der Waals surface area contributed by atoms with Crippen LogP contribution >= 0.6 is 11.6 Å². The quantitative estimate of drug-likeness (QED) is 0.823. The van der Waals surface area contributed by atoms with Crippen LogP contribution in [0.1, 0.15) is 6.42 Å². The van der Waals surface area contributed by atoms with Crippen LogP contribution < -0.4 is 5.32 Å². The lowest BCUT2D eigenvalue weighted by Gasteiger charge is -2.10. The molecule has 2 aromatic rings. The molecule has 0 aromatic carbocycles. The number of nitrogens with one attached hydrogen (secondary N) is 1. The summed E-state index contributed by atoms with van der Waals surface area (Å²) in [6, 6.07) is 3.79. The average molecular weight is 249 g/mol. The summed E-state index contributed by atoms with van der Waals surface area (Å²) in [5.74, 6) is 0.853. The minimum atomic E-state index is 0.464. The second-order valence-corrected chi connectivity index (χ2v) is 5.66. The number of pyridine rings is 1. The van der Waals surface area contributed by atoms with Gasteiger partial charge in [0.15, 0.2) is 5.65 Å². The molecule has 1 N–H and O–H groups in total. The Hall–Kier alpha value is -1.13.